The topological polar surface area (TPSA) is 72.8 Å². The van der Waals surface area contributed by atoms with E-state index in [1.54, 1.807) is 6.92 Å². The standard InChI is InChI=1S/C11H9ClO5/c1-5-8(9(13)11(14)15)6(12)4-7-10(5)17-3-2-16-7/h4H,2-3H2,1H3,(H,14,15). The van der Waals surface area contributed by atoms with E-state index in [-0.39, 0.29) is 10.6 Å². The van der Waals surface area contributed by atoms with Gasteiger partial charge in [0.1, 0.15) is 13.2 Å². The Bertz CT molecular complexity index is 509. The number of carbonyl (C=O) groups excluding carboxylic acids is 1. The first kappa shape index (κ1) is 11.7. The number of hydrogen-bond acceptors (Lipinski definition) is 4. The average Bonchev–Trinajstić information content (AvgIpc) is 2.28. The molecule has 0 aromatic heterocycles. The van der Waals surface area contributed by atoms with Gasteiger partial charge in [0.25, 0.3) is 5.78 Å². The van der Waals surface area contributed by atoms with Gasteiger partial charge in [-0.3, -0.25) is 4.79 Å². The van der Waals surface area contributed by atoms with E-state index in [0.717, 1.165) is 0 Å². The SMILES string of the molecule is Cc1c2c(cc(Cl)c1C(=O)C(=O)O)OCCO2. The minimum Gasteiger partial charge on any atom is -0.486 e. The quantitative estimate of drug-likeness (QED) is 0.644. The van der Waals surface area contributed by atoms with Gasteiger partial charge in [0.15, 0.2) is 11.5 Å². The van der Waals surface area contributed by atoms with Gasteiger partial charge < -0.3 is 14.6 Å². The second-order valence-corrected chi connectivity index (χ2v) is 3.92. The van der Waals surface area contributed by atoms with Crippen LogP contribution in [0.5, 0.6) is 11.5 Å². The molecule has 0 radical (unpaired) electrons. The Hall–Kier alpha value is -1.75. The maximum absolute atomic E-state index is 11.5. The van der Waals surface area contributed by atoms with Crippen molar-refractivity contribution in [3.8, 4) is 11.5 Å². The fraction of sp³-hybridized carbons (Fsp3) is 0.273. The second kappa shape index (κ2) is 4.25. The molecule has 0 aliphatic carbocycles. The zero-order valence-electron chi connectivity index (χ0n) is 8.95. The maximum atomic E-state index is 11.5. The van der Waals surface area contributed by atoms with Gasteiger partial charge in [-0.1, -0.05) is 11.6 Å². The molecular weight excluding hydrogens is 248 g/mol. The molecule has 1 aliphatic heterocycles. The van der Waals surface area contributed by atoms with E-state index in [1.807, 2.05) is 0 Å². The Morgan fingerprint density at radius 2 is 2.00 bits per heavy atom. The predicted molar refractivity (Wildman–Crippen MR) is 59.1 cm³/mol. The normalized spacial score (nSPS) is 13.3. The molecule has 1 N–H and O–H groups in total. The van der Waals surface area contributed by atoms with Crippen molar-refractivity contribution in [3.05, 3.63) is 22.2 Å². The third-order valence-corrected chi connectivity index (χ3v) is 2.74. The summed E-state index contributed by atoms with van der Waals surface area (Å²) in [6.45, 7) is 2.33. The molecule has 0 fully saturated rings. The molecule has 1 aromatic carbocycles. The Morgan fingerprint density at radius 1 is 1.35 bits per heavy atom. The third-order valence-electron chi connectivity index (χ3n) is 2.44. The lowest BCUT2D eigenvalue weighted by Gasteiger charge is -2.21. The summed E-state index contributed by atoms with van der Waals surface area (Å²) in [5.74, 6) is -1.79. The smallest absolute Gasteiger partial charge is 0.377 e. The second-order valence-electron chi connectivity index (χ2n) is 3.52. The Labute approximate surface area is 102 Å². The number of carboxylic acid groups (broad SMARTS) is 1. The van der Waals surface area contributed by atoms with Gasteiger partial charge in [-0.25, -0.2) is 4.79 Å². The number of hydrogen-bond donors (Lipinski definition) is 1. The van der Waals surface area contributed by atoms with Gasteiger partial charge >= 0.3 is 5.97 Å². The molecule has 1 aliphatic rings. The van der Waals surface area contributed by atoms with Crippen molar-refractivity contribution >= 4 is 23.4 Å². The van der Waals surface area contributed by atoms with E-state index in [1.165, 1.54) is 6.07 Å². The lowest BCUT2D eigenvalue weighted by atomic mass is 10.0. The van der Waals surface area contributed by atoms with Crippen LogP contribution in [0.2, 0.25) is 5.02 Å². The van der Waals surface area contributed by atoms with E-state index in [2.05, 4.69) is 0 Å². The molecule has 0 saturated carbocycles. The van der Waals surface area contributed by atoms with Crippen LogP contribution in [0.1, 0.15) is 15.9 Å². The number of ether oxygens (including phenoxy) is 2. The molecule has 17 heavy (non-hydrogen) atoms. The molecule has 0 amide bonds. The van der Waals surface area contributed by atoms with E-state index < -0.39 is 11.8 Å². The van der Waals surface area contributed by atoms with Crippen molar-refractivity contribution in [1.82, 2.24) is 0 Å². The van der Waals surface area contributed by atoms with E-state index >= 15 is 0 Å². The molecule has 6 heteroatoms. The molecule has 90 valence electrons. The monoisotopic (exact) mass is 256 g/mol. The molecule has 0 atom stereocenters. The molecule has 2 rings (SSSR count). The van der Waals surface area contributed by atoms with Crippen LogP contribution >= 0.6 is 11.6 Å². The highest BCUT2D eigenvalue weighted by Crippen LogP contribution is 2.39. The van der Waals surface area contributed by atoms with E-state index in [9.17, 15) is 9.59 Å². The van der Waals surface area contributed by atoms with Crippen LogP contribution in [-0.4, -0.2) is 30.1 Å². The first-order valence-electron chi connectivity index (χ1n) is 4.88. The third kappa shape index (κ3) is 1.93. The van der Waals surface area contributed by atoms with Crippen LogP contribution in [0.3, 0.4) is 0 Å². The lowest BCUT2D eigenvalue weighted by Crippen LogP contribution is -2.20. The minimum atomic E-state index is -1.55. The van der Waals surface area contributed by atoms with Crippen molar-refractivity contribution in [2.24, 2.45) is 0 Å². The highest BCUT2D eigenvalue weighted by atomic mass is 35.5. The number of aliphatic carboxylic acids is 1. The summed E-state index contributed by atoms with van der Waals surface area (Å²) in [4.78, 5) is 22.2. The number of carbonyl (C=O) groups is 2. The number of Topliss-reactive ketones (excluding diaryl/α,β-unsaturated/α-hetero) is 1. The van der Waals surface area contributed by atoms with Crippen LogP contribution in [-0.2, 0) is 4.79 Å². The molecule has 0 spiro atoms. The Balaban J connectivity index is 2.61. The van der Waals surface area contributed by atoms with Crippen molar-refractivity contribution in [2.75, 3.05) is 13.2 Å². The lowest BCUT2D eigenvalue weighted by molar-refractivity contribution is -0.131. The largest absolute Gasteiger partial charge is 0.486 e. The average molecular weight is 257 g/mol. The van der Waals surface area contributed by atoms with Crippen LogP contribution in [0.4, 0.5) is 0 Å². The van der Waals surface area contributed by atoms with E-state index in [0.29, 0.717) is 30.3 Å². The molecular formula is C11H9ClO5. The number of carboxylic acids is 1. The number of benzene rings is 1. The summed E-state index contributed by atoms with van der Waals surface area (Å²) in [6, 6.07) is 1.40. The molecule has 0 unspecified atom stereocenters. The zero-order chi connectivity index (χ0) is 12.6. The summed E-state index contributed by atoms with van der Waals surface area (Å²) in [7, 11) is 0. The van der Waals surface area contributed by atoms with Crippen LogP contribution < -0.4 is 9.47 Å². The van der Waals surface area contributed by atoms with Gasteiger partial charge in [-0.05, 0) is 6.92 Å². The van der Waals surface area contributed by atoms with Crippen LogP contribution in [0.25, 0.3) is 0 Å². The zero-order valence-corrected chi connectivity index (χ0v) is 9.71. The summed E-state index contributed by atoms with van der Waals surface area (Å²) >= 11 is 5.89. The van der Waals surface area contributed by atoms with Gasteiger partial charge in [-0.2, -0.15) is 0 Å². The fourth-order valence-corrected chi connectivity index (χ4v) is 2.02. The van der Waals surface area contributed by atoms with Crippen molar-refractivity contribution < 1.29 is 24.2 Å². The van der Waals surface area contributed by atoms with Crippen LogP contribution in [0.15, 0.2) is 6.07 Å². The van der Waals surface area contributed by atoms with Crippen molar-refractivity contribution in [1.29, 1.82) is 0 Å². The summed E-state index contributed by atoms with van der Waals surface area (Å²) < 4.78 is 10.7. The van der Waals surface area contributed by atoms with E-state index in [4.69, 9.17) is 26.2 Å². The van der Waals surface area contributed by atoms with Gasteiger partial charge in [-0.15, -0.1) is 0 Å². The summed E-state index contributed by atoms with van der Waals surface area (Å²) in [5.41, 5.74) is 0.336. The Kier molecular flexibility index (Phi) is 2.93. The van der Waals surface area contributed by atoms with Gasteiger partial charge in [0.2, 0.25) is 0 Å². The number of ketones is 1. The van der Waals surface area contributed by atoms with Crippen molar-refractivity contribution in [3.63, 3.8) is 0 Å². The first-order valence-corrected chi connectivity index (χ1v) is 5.26. The van der Waals surface area contributed by atoms with Gasteiger partial charge in [0, 0.05) is 11.6 Å². The Morgan fingerprint density at radius 3 is 2.65 bits per heavy atom. The highest BCUT2D eigenvalue weighted by Gasteiger charge is 2.26. The minimum absolute atomic E-state index is 0.0524. The molecule has 0 bridgehead atoms. The molecule has 1 heterocycles. The number of halogens is 1. The van der Waals surface area contributed by atoms with Crippen molar-refractivity contribution in [2.45, 2.75) is 6.92 Å². The summed E-state index contributed by atoms with van der Waals surface area (Å²) in [5, 5.41) is 8.76. The molecule has 5 nitrogen and oxygen atoms in total. The summed E-state index contributed by atoms with van der Waals surface area (Å²) in [6.07, 6.45) is 0. The maximum Gasteiger partial charge on any atom is 0.377 e. The molecule has 0 saturated heterocycles. The van der Waals surface area contributed by atoms with Gasteiger partial charge in [0.05, 0.1) is 10.6 Å². The highest BCUT2D eigenvalue weighted by molar-refractivity contribution is 6.45. The fourth-order valence-electron chi connectivity index (χ4n) is 1.70. The number of fused-ring (bicyclic) bond motifs is 1. The molecule has 1 aromatic rings. The van der Waals surface area contributed by atoms with Crippen LogP contribution in [0, 0.1) is 6.92 Å². The number of rotatable bonds is 2. The first-order chi connectivity index (χ1) is 8.02. The predicted octanol–water partition coefficient (Wildman–Crippen LogP) is 1.69.